The predicted molar refractivity (Wildman–Crippen MR) is 157 cm³/mol. The number of anilines is 1. The summed E-state index contributed by atoms with van der Waals surface area (Å²) in [6.45, 7) is 0. The van der Waals surface area contributed by atoms with Crippen LogP contribution in [0.2, 0.25) is 0 Å². The Morgan fingerprint density at radius 3 is 2.40 bits per heavy atom. The van der Waals surface area contributed by atoms with E-state index in [1.807, 2.05) is 0 Å². The molecule has 0 fully saturated rings. The summed E-state index contributed by atoms with van der Waals surface area (Å²) in [4.78, 5) is 43.1. The van der Waals surface area contributed by atoms with Crippen LogP contribution in [-0.2, 0) is 16.0 Å². The molecule has 2 aromatic carbocycles. The molecule has 43 heavy (non-hydrogen) atoms. The largest absolute Gasteiger partial charge is 0.510 e. The quantitative estimate of drug-likeness (QED) is 0.261. The van der Waals surface area contributed by atoms with Crippen molar-refractivity contribution in [2.24, 2.45) is 17.6 Å². The van der Waals surface area contributed by atoms with Crippen molar-refractivity contribution in [3.63, 3.8) is 0 Å². The fourth-order valence-corrected chi connectivity index (χ4v) is 6.63. The predicted octanol–water partition coefficient (Wildman–Crippen LogP) is 1.59. The molecule has 0 radical (unpaired) electrons. The van der Waals surface area contributed by atoms with E-state index < -0.39 is 63.8 Å². The van der Waals surface area contributed by atoms with Crippen LogP contribution in [0.3, 0.4) is 0 Å². The molecule has 11 heteroatoms. The summed E-state index contributed by atoms with van der Waals surface area (Å²) in [5, 5.41) is 45.6. The van der Waals surface area contributed by atoms with Crippen molar-refractivity contribution in [1.82, 2.24) is 4.90 Å². The van der Waals surface area contributed by atoms with Crippen LogP contribution in [0.5, 0.6) is 11.5 Å². The Labute approximate surface area is 248 Å². The highest BCUT2D eigenvalue weighted by Gasteiger charge is 2.63. The van der Waals surface area contributed by atoms with Crippen LogP contribution in [0.4, 0.5) is 5.69 Å². The van der Waals surface area contributed by atoms with Gasteiger partial charge in [0.1, 0.15) is 28.6 Å². The van der Waals surface area contributed by atoms with Gasteiger partial charge in [0.2, 0.25) is 5.78 Å². The van der Waals surface area contributed by atoms with Crippen LogP contribution < -0.4 is 15.4 Å². The highest BCUT2D eigenvalue weighted by atomic mass is 16.5. The number of amides is 1. The second-order valence-corrected chi connectivity index (χ2v) is 11.5. The first-order chi connectivity index (χ1) is 20.2. The number of carbonyl (C=O) groups is 3. The van der Waals surface area contributed by atoms with Gasteiger partial charge in [-0.25, -0.2) is 0 Å². The number of allylic oxidation sites excluding steroid dienone is 1. The monoisotopic (exact) mass is 587 g/mol. The smallest absolute Gasteiger partial charge is 0.255 e. The third kappa shape index (κ3) is 4.42. The third-order valence-corrected chi connectivity index (χ3v) is 8.59. The summed E-state index contributed by atoms with van der Waals surface area (Å²) in [5.74, 6) is -0.503. The van der Waals surface area contributed by atoms with Gasteiger partial charge in [-0.3, -0.25) is 19.3 Å². The fourth-order valence-electron chi connectivity index (χ4n) is 6.63. The van der Waals surface area contributed by atoms with Gasteiger partial charge < -0.3 is 35.8 Å². The summed E-state index contributed by atoms with van der Waals surface area (Å²) in [5.41, 5.74) is 3.45. The first-order valence-corrected chi connectivity index (χ1v) is 13.6. The van der Waals surface area contributed by atoms with Gasteiger partial charge in [0, 0.05) is 36.8 Å². The minimum atomic E-state index is -2.70. The Kier molecular flexibility index (Phi) is 7.24. The van der Waals surface area contributed by atoms with Crippen molar-refractivity contribution < 1.29 is 39.5 Å². The molecule has 4 atom stereocenters. The number of aliphatic hydroxyl groups is 3. The first kappa shape index (κ1) is 29.7. The topological polar surface area (TPSA) is 174 Å². The van der Waals surface area contributed by atoms with Crippen molar-refractivity contribution in [1.29, 1.82) is 0 Å². The Morgan fingerprint density at radius 1 is 1.09 bits per heavy atom. The number of ether oxygens (including phenoxy) is 1. The molecule has 0 aliphatic heterocycles. The minimum absolute atomic E-state index is 0.0107. The Hall–Kier alpha value is -4.79. The molecule has 2 aromatic rings. The maximum absolute atomic E-state index is 14.1. The lowest BCUT2D eigenvalue weighted by molar-refractivity contribution is -0.148. The molecule has 11 nitrogen and oxygen atoms in total. The van der Waals surface area contributed by atoms with E-state index in [4.69, 9.17) is 10.5 Å². The van der Waals surface area contributed by atoms with Gasteiger partial charge in [-0.1, -0.05) is 17.9 Å². The van der Waals surface area contributed by atoms with Crippen molar-refractivity contribution in [2.75, 3.05) is 40.2 Å². The van der Waals surface area contributed by atoms with Crippen molar-refractivity contribution in [3.8, 4) is 23.3 Å². The van der Waals surface area contributed by atoms with Crippen LogP contribution in [0, 0.1) is 23.7 Å². The summed E-state index contributed by atoms with van der Waals surface area (Å²) in [6, 6.07) is 7.66. The number of aromatic hydroxyl groups is 1. The number of hydrogen-bond acceptors (Lipinski definition) is 10. The average molecular weight is 588 g/mol. The molecule has 0 heterocycles. The normalized spacial score (nSPS) is 24.6. The fraction of sp³-hybridized carbons (Fsp3) is 0.344. The Morgan fingerprint density at radius 2 is 1.79 bits per heavy atom. The minimum Gasteiger partial charge on any atom is -0.510 e. The maximum Gasteiger partial charge on any atom is 0.255 e. The van der Waals surface area contributed by atoms with Crippen LogP contribution in [0.25, 0.3) is 0 Å². The number of rotatable bonds is 4. The molecule has 0 spiro atoms. The van der Waals surface area contributed by atoms with Gasteiger partial charge in [0.05, 0.1) is 24.3 Å². The molecule has 1 amide bonds. The lowest BCUT2D eigenvalue weighted by Gasteiger charge is -2.50. The van der Waals surface area contributed by atoms with E-state index in [0.29, 0.717) is 22.6 Å². The summed E-state index contributed by atoms with van der Waals surface area (Å²) in [7, 11) is 8.28. The maximum atomic E-state index is 14.1. The van der Waals surface area contributed by atoms with E-state index >= 15 is 0 Å². The van der Waals surface area contributed by atoms with E-state index in [-0.39, 0.29) is 29.5 Å². The summed E-state index contributed by atoms with van der Waals surface area (Å²) in [6.07, 6.45) is 0.190. The Bertz CT molecular complexity index is 1710. The zero-order chi connectivity index (χ0) is 31.5. The lowest BCUT2D eigenvalue weighted by Crippen LogP contribution is -2.63. The van der Waals surface area contributed by atoms with Gasteiger partial charge in [0.25, 0.3) is 5.91 Å². The molecule has 0 bridgehead atoms. The second-order valence-electron chi connectivity index (χ2n) is 11.5. The van der Waals surface area contributed by atoms with Crippen LogP contribution in [-0.4, -0.2) is 89.7 Å². The van der Waals surface area contributed by atoms with Gasteiger partial charge in [-0.05, 0) is 62.7 Å². The molecule has 5 rings (SSSR count). The number of ketones is 2. The lowest BCUT2D eigenvalue weighted by atomic mass is 9.58. The van der Waals surface area contributed by atoms with E-state index in [1.54, 1.807) is 63.4 Å². The van der Waals surface area contributed by atoms with Gasteiger partial charge in [-0.2, -0.15) is 0 Å². The number of fused-ring (bicyclic) bond motifs is 3. The molecule has 6 N–H and O–H groups in total. The SMILES string of the molecule is COc1cccc(C#Cc2cc(N(C)C)c3c(c2O)C(=O)C2=C(O)[C@]4(O)C(=O)C(C(N)=O)=C(O)[C@@H](N(C)C)C4CC2C3)c1. The number of likely N-dealkylation sites (N-methyl/N-ethyl adjacent to an activating group) is 1. The Balaban J connectivity index is 1.70. The van der Waals surface area contributed by atoms with E-state index in [9.17, 15) is 34.8 Å². The molecular weight excluding hydrogens is 554 g/mol. The van der Waals surface area contributed by atoms with Crippen LogP contribution in [0.15, 0.2) is 53.0 Å². The number of phenolic OH excluding ortho intramolecular Hbond substituents is 1. The summed E-state index contributed by atoms with van der Waals surface area (Å²) >= 11 is 0. The number of benzene rings is 2. The molecule has 0 aromatic heterocycles. The van der Waals surface area contributed by atoms with E-state index in [2.05, 4.69) is 11.8 Å². The first-order valence-electron chi connectivity index (χ1n) is 13.6. The highest BCUT2D eigenvalue weighted by Crippen LogP contribution is 2.53. The second kappa shape index (κ2) is 10.5. The number of nitrogens with zero attached hydrogens (tertiary/aromatic N) is 2. The van der Waals surface area contributed by atoms with Gasteiger partial charge in [0.15, 0.2) is 11.4 Å². The van der Waals surface area contributed by atoms with E-state index in [1.165, 1.54) is 12.0 Å². The molecule has 224 valence electrons. The zero-order valence-corrected chi connectivity index (χ0v) is 24.4. The van der Waals surface area contributed by atoms with Crippen molar-refractivity contribution >= 4 is 23.2 Å². The average Bonchev–Trinajstić information content (AvgIpc) is 2.94. The standard InChI is InChI=1S/C32H33N3O8/c1-34(2)21-14-16(10-9-15-7-6-8-18(11-15)43-5)26(36)23-19(21)12-17-13-20-25(35(3)4)28(38)24(31(33)41)30(40)32(20,42)29(39)22(17)27(23)37/h6-8,11,14,17,20,25,36,38-39,42H,12-13H2,1-5H3,(H2,33,41)/t17?,20?,25-,32-/m0/s1. The van der Waals surface area contributed by atoms with Crippen molar-refractivity contribution in [2.45, 2.75) is 24.5 Å². The van der Waals surface area contributed by atoms with Gasteiger partial charge in [-0.15, -0.1) is 0 Å². The number of phenols is 1. The molecule has 3 aliphatic carbocycles. The van der Waals surface area contributed by atoms with Crippen molar-refractivity contribution in [3.05, 3.63) is 75.3 Å². The number of nitrogens with two attached hydrogens (primary N) is 1. The number of primary amides is 1. The van der Waals surface area contributed by atoms with Gasteiger partial charge >= 0.3 is 0 Å². The molecule has 2 unspecified atom stereocenters. The summed E-state index contributed by atoms with van der Waals surface area (Å²) < 4.78 is 5.24. The molecule has 0 saturated carbocycles. The number of aliphatic hydroxyl groups excluding tert-OH is 2. The molecular formula is C32H33N3O8. The number of hydrogen-bond donors (Lipinski definition) is 5. The third-order valence-electron chi connectivity index (χ3n) is 8.59. The molecule has 3 aliphatic rings. The van der Waals surface area contributed by atoms with Crippen LogP contribution >= 0.6 is 0 Å². The molecule has 0 saturated heterocycles. The number of Topliss-reactive ketones (excluding diaryl/α,β-unsaturated/α-hetero) is 2. The highest BCUT2D eigenvalue weighted by molar-refractivity contribution is 6.25. The zero-order valence-electron chi connectivity index (χ0n) is 24.4. The number of carbonyl (C=O) groups excluding carboxylic acids is 3. The number of methoxy groups -OCH3 is 1. The van der Waals surface area contributed by atoms with Crippen LogP contribution in [0.1, 0.15) is 33.5 Å². The van der Waals surface area contributed by atoms with E-state index in [0.717, 1.165) is 0 Å².